The summed E-state index contributed by atoms with van der Waals surface area (Å²) in [6, 6.07) is 18.7. The summed E-state index contributed by atoms with van der Waals surface area (Å²) in [5.74, 6) is 0.207. The van der Waals surface area contributed by atoms with E-state index >= 15 is 0 Å². The zero-order chi connectivity index (χ0) is 19.8. The van der Waals surface area contributed by atoms with Crippen LogP contribution in [0.15, 0.2) is 73.3 Å². The van der Waals surface area contributed by atoms with E-state index in [0.29, 0.717) is 17.9 Å². The normalized spacial score (nSPS) is 11.2. The second kappa shape index (κ2) is 7.10. The average molecular weight is 401 g/mol. The molecule has 5 aromatic rings. The lowest BCUT2D eigenvalue weighted by atomic mass is 10.1. The number of anilines is 1. The highest BCUT2D eigenvalue weighted by molar-refractivity contribution is 7.21. The van der Waals surface area contributed by atoms with Crippen LogP contribution in [0, 0.1) is 5.82 Å². The van der Waals surface area contributed by atoms with Gasteiger partial charge >= 0.3 is 0 Å². The number of nitrogen functional groups attached to an aromatic ring is 1. The standard InChI is InChI=1S/C22H16FN5S/c23-17-9-5-4-8-15(17)11-28-13-27-19(14-6-2-1-3-7-14)20(28)18-10-16-21(24)25-12-26-22(16)29-18/h1-10,12-13H,11H2,(H2,24,25,26). The van der Waals surface area contributed by atoms with Gasteiger partial charge in [0.05, 0.1) is 34.5 Å². The van der Waals surface area contributed by atoms with Crippen molar-refractivity contribution in [2.45, 2.75) is 6.54 Å². The lowest BCUT2D eigenvalue weighted by Crippen LogP contribution is -2.02. The van der Waals surface area contributed by atoms with E-state index < -0.39 is 0 Å². The molecule has 0 bridgehead atoms. The Morgan fingerprint density at radius 2 is 1.76 bits per heavy atom. The van der Waals surface area contributed by atoms with Crippen LogP contribution in [0.4, 0.5) is 10.2 Å². The Kier molecular flexibility index (Phi) is 4.29. The average Bonchev–Trinajstić information content (AvgIpc) is 3.35. The van der Waals surface area contributed by atoms with Gasteiger partial charge in [0.15, 0.2) is 0 Å². The number of nitrogens with two attached hydrogens (primary N) is 1. The predicted octanol–water partition coefficient (Wildman–Crippen LogP) is 4.99. The van der Waals surface area contributed by atoms with Crippen molar-refractivity contribution in [2.24, 2.45) is 0 Å². The Balaban J connectivity index is 1.71. The fourth-order valence-electron chi connectivity index (χ4n) is 3.37. The molecule has 0 amide bonds. The lowest BCUT2D eigenvalue weighted by molar-refractivity contribution is 0.600. The minimum atomic E-state index is -0.236. The van der Waals surface area contributed by atoms with Crippen LogP contribution in [0.2, 0.25) is 0 Å². The second-order valence-corrected chi connectivity index (χ2v) is 7.65. The van der Waals surface area contributed by atoms with Crippen LogP contribution in [0.25, 0.3) is 32.0 Å². The number of imidazole rings is 1. The maximum absolute atomic E-state index is 14.3. The van der Waals surface area contributed by atoms with Gasteiger partial charge in [-0.2, -0.15) is 0 Å². The number of thiophene rings is 1. The van der Waals surface area contributed by atoms with Crippen LogP contribution < -0.4 is 5.73 Å². The van der Waals surface area contributed by atoms with Crippen LogP contribution >= 0.6 is 11.3 Å². The summed E-state index contributed by atoms with van der Waals surface area (Å²) in [7, 11) is 0. The van der Waals surface area contributed by atoms with Crippen LogP contribution in [0.5, 0.6) is 0 Å². The largest absolute Gasteiger partial charge is 0.383 e. The smallest absolute Gasteiger partial charge is 0.135 e. The van der Waals surface area contributed by atoms with Gasteiger partial charge in [-0.3, -0.25) is 0 Å². The molecular weight excluding hydrogens is 385 g/mol. The third-order valence-corrected chi connectivity index (χ3v) is 5.83. The quantitative estimate of drug-likeness (QED) is 0.460. The highest BCUT2D eigenvalue weighted by Gasteiger charge is 2.19. The Morgan fingerprint density at radius 1 is 0.966 bits per heavy atom. The molecule has 2 aromatic carbocycles. The van der Waals surface area contributed by atoms with Gasteiger partial charge in [0.1, 0.15) is 22.8 Å². The monoisotopic (exact) mass is 401 g/mol. The topological polar surface area (TPSA) is 69.6 Å². The van der Waals surface area contributed by atoms with Crippen molar-refractivity contribution < 1.29 is 4.39 Å². The van der Waals surface area contributed by atoms with E-state index in [9.17, 15) is 4.39 Å². The zero-order valence-corrected chi connectivity index (χ0v) is 16.1. The molecule has 0 spiro atoms. The molecule has 3 aromatic heterocycles. The van der Waals surface area contributed by atoms with E-state index in [-0.39, 0.29) is 5.82 Å². The third kappa shape index (κ3) is 3.15. The number of rotatable bonds is 4. The van der Waals surface area contributed by atoms with E-state index in [1.807, 2.05) is 47.0 Å². The summed E-state index contributed by atoms with van der Waals surface area (Å²) in [5, 5.41) is 0.810. The molecule has 0 saturated carbocycles. The molecule has 0 radical (unpaired) electrons. The number of hydrogen-bond acceptors (Lipinski definition) is 5. The van der Waals surface area contributed by atoms with Crippen molar-refractivity contribution in [2.75, 3.05) is 5.73 Å². The van der Waals surface area contributed by atoms with Crippen molar-refractivity contribution in [1.82, 2.24) is 19.5 Å². The number of nitrogens with zero attached hydrogens (tertiary/aromatic N) is 4. The Morgan fingerprint density at radius 3 is 2.55 bits per heavy atom. The number of hydrogen-bond donors (Lipinski definition) is 1. The van der Waals surface area contributed by atoms with E-state index in [1.165, 1.54) is 23.7 Å². The first kappa shape index (κ1) is 17.5. The van der Waals surface area contributed by atoms with E-state index in [1.54, 1.807) is 18.5 Å². The third-order valence-electron chi connectivity index (χ3n) is 4.78. The first-order chi connectivity index (χ1) is 14.2. The van der Waals surface area contributed by atoms with Gasteiger partial charge in [-0.1, -0.05) is 48.5 Å². The Bertz CT molecular complexity index is 1310. The van der Waals surface area contributed by atoms with Gasteiger partial charge < -0.3 is 10.3 Å². The molecule has 0 fully saturated rings. The van der Waals surface area contributed by atoms with Gasteiger partial charge in [-0.25, -0.2) is 19.3 Å². The second-order valence-electron chi connectivity index (χ2n) is 6.62. The van der Waals surface area contributed by atoms with Crippen molar-refractivity contribution >= 4 is 27.4 Å². The molecule has 142 valence electrons. The molecule has 0 aliphatic carbocycles. The summed E-state index contributed by atoms with van der Waals surface area (Å²) in [5.41, 5.74) is 9.37. The summed E-state index contributed by atoms with van der Waals surface area (Å²) < 4.78 is 16.3. The number of aromatic nitrogens is 4. The highest BCUT2D eigenvalue weighted by atomic mass is 32.1. The van der Waals surface area contributed by atoms with E-state index in [0.717, 1.165) is 32.0 Å². The van der Waals surface area contributed by atoms with Crippen molar-refractivity contribution in [3.05, 3.63) is 84.7 Å². The van der Waals surface area contributed by atoms with Gasteiger partial charge in [0.25, 0.3) is 0 Å². The van der Waals surface area contributed by atoms with Crippen molar-refractivity contribution in [1.29, 1.82) is 0 Å². The molecule has 2 N–H and O–H groups in total. The van der Waals surface area contributed by atoms with Crippen LogP contribution in [0.3, 0.4) is 0 Å². The molecule has 7 heteroatoms. The van der Waals surface area contributed by atoms with E-state index in [4.69, 9.17) is 5.73 Å². The summed E-state index contributed by atoms with van der Waals surface area (Å²) in [6.45, 7) is 0.372. The van der Waals surface area contributed by atoms with E-state index in [2.05, 4.69) is 15.0 Å². The molecule has 0 saturated heterocycles. The number of benzene rings is 2. The van der Waals surface area contributed by atoms with Crippen LogP contribution in [-0.2, 0) is 6.54 Å². The lowest BCUT2D eigenvalue weighted by Gasteiger charge is -2.10. The van der Waals surface area contributed by atoms with Gasteiger partial charge in [-0.05, 0) is 12.1 Å². The molecule has 5 rings (SSSR count). The van der Waals surface area contributed by atoms with Gasteiger partial charge in [-0.15, -0.1) is 11.3 Å². The first-order valence-electron chi connectivity index (χ1n) is 9.05. The predicted molar refractivity (Wildman–Crippen MR) is 114 cm³/mol. The SMILES string of the molecule is Nc1ncnc2sc(-c3c(-c4ccccc4)ncn3Cc3ccccc3F)cc12. The highest BCUT2D eigenvalue weighted by Crippen LogP contribution is 2.39. The zero-order valence-electron chi connectivity index (χ0n) is 15.3. The molecule has 0 unspecified atom stereocenters. The number of halogens is 1. The molecule has 3 heterocycles. The molecule has 0 aliphatic rings. The van der Waals surface area contributed by atoms with Crippen LogP contribution in [-0.4, -0.2) is 19.5 Å². The minimum absolute atomic E-state index is 0.236. The maximum atomic E-state index is 14.3. The minimum Gasteiger partial charge on any atom is -0.383 e. The Hall–Kier alpha value is -3.58. The van der Waals surface area contributed by atoms with Gasteiger partial charge in [0.2, 0.25) is 0 Å². The maximum Gasteiger partial charge on any atom is 0.135 e. The fraction of sp³-hybridized carbons (Fsp3) is 0.0455. The summed E-state index contributed by atoms with van der Waals surface area (Å²) >= 11 is 1.52. The summed E-state index contributed by atoms with van der Waals surface area (Å²) in [4.78, 5) is 14.9. The molecule has 0 atom stereocenters. The number of fused-ring (bicyclic) bond motifs is 1. The first-order valence-corrected chi connectivity index (χ1v) is 9.86. The van der Waals surface area contributed by atoms with Crippen LogP contribution in [0.1, 0.15) is 5.56 Å². The van der Waals surface area contributed by atoms with Gasteiger partial charge in [0, 0.05) is 11.1 Å². The van der Waals surface area contributed by atoms with Crippen molar-refractivity contribution in [3.63, 3.8) is 0 Å². The molecule has 29 heavy (non-hydrogen) atoms. The molecular formula is C22H16FN5S. The van der Waals surface area contributed by atoms with Crippen molar-refractivity contribution in [3.8, 4) is 21.8 Å². The fourth-order valence-corrected chi connectivity index (χ4v) is 4.44. The Labute approximate surface area is 170 Å². The molecule has 5 nitrogen and oxygen atoms in total. The summed E-state index contributed by atoms with van der Waals surface area (Å²) in [6.07, 6.45) is 3.22. The molecule has 0 aliphatic heterocycles.